The minimum atomic E-state index is 0.0473. The van der Waals surface area contributed by atoms with E-state index < -0.39 is 0 Å². The van der Waals surface area contributed by atoms with Crippen LogP contribution in [0.4, 0.5) is 0 Å². The van der Waals surface area contributed by atoms with Gasteiger partial charge in [0.1, 0.15) is 8.96 Å². The minimum absolute atomic E-state index is 0.0473. The van der Waals surface area contributed by atoms with E-state index in [1.807, 2.05) is 12.3 Å². The van der Waals surface area contributed by atoms with Crippen LogP contribution in [0.25, 0.3) is 0 Å². The van der Waals surface area contributed by atoms with Crippen LogP contribution in [0.1, 0.15) is 0 Å². The molecule has 2 atom stereocenters. The molecule has 0 amide bonds. The Morgan fingerprint density at radius 3 is 3.11 bits per heavy atom. The zero-order valence-corrected chi connectivity index (χ0v) is 6.61. The van der Waals surface area contributed by atoms with E-state index in [0.717, 1.165) is 0 Å². The van der Waals surface area contributed by atoms with Crippen LogP contribution in [-0.4, -0.2) is 9.55 Å². The molecule has 0 aromatic carbocycles. The van der Waals surface area contributed by atoms with Crippen molar-refractivity contribution in [3.05, 3.63) is 18.5 Å². The summed E-state index contributed by atoms with van der Waals surface area (Å²) >= 11 is 0. The maximum absolute atomic E-state index is 5.12. The van der Waals surface area contributed by atoms with Crippen molar-refractivity contribution in [3.63, 3.8) is 0 Å². The minimum Gasteiger partial charge on any atom is -0.305 e. The molecule has 50 valence electrons. The molecule has 0 aliphatic rings. The fourth-order valence-electron chi connectivity index (χ4n) is 0.396. The Morgan fingerprint density at radius 1 is 1.67 bits per heavy atom. The Kier molecular flexibility index (Phi) is 3.09. The summed E-state index contributed by atoms with van der Waals surface area (Å²) in [4.78, 5) is 0. The lowest BCUT2D eigenvalue weighted by atomic mass is 10.8. The molecule has 9 heavy (non-hydrogen) atoms. The fraction of sp³-hybridized carbons (Fsp3) is 0. The Bertz CT molecular complexity index is 154. The van der Waals surface area contributed by atoms with Crippen LogP contribution in [0.5, 0.6) is 0 Å². The first-order valence-electron chi connectivity index (χ1n) is 2.30. The Morgan fingerprint density at radius 2 is 2.56 bits per heavy atom. The van der Waals surface area contributed by atoms with Crippen LogP contribution in [0, 0.1) is 0 Å². The first-order chi connectivity index (χ1) is 4.43. The first-order valence-corrected chi connectivity index (χ1v) is 4.14. The van der Waals surface area contributed by atoms with E-state index in [0.29, 0.717) is 0 Å². The van der Waals surface area contributed by atoms with Crippen molar-refractivity contribution in [1.29, 1.82) is 0 Å². The van der Waals surface area contributed by atoms with Gasteiger partial charge in [0.25, 0.3) is 0 Å². The highest BCUT2D eigenvalue weighted by Gasteiger charge is 1.85. The molecule has 1 aromatic rings. The predicted octanol–water partition coefficient (Wildman–Crippen LogP) is 0.723. The van der Waals surface area contributed by atoms with Crippen LogP contribution in [0.15, 0.2) is 18.5 Å². The number of aromatic nitrogens is 2. The van der Waals surface area contributed by atoms with Crippen molar-refractivity contribution in [2.45, 2.75) is 0 Å². The topological polar surface area (TPSA) is 53.1 Å². The van der Waals surface area contributed by atoms with Gasteiger partial charge in [0, 0.05) is 12.4 Å². The zero-order valence-electron chi connectivity index (χ0n) is 4.61. The fourth-order valence-corrected chi connectivity index (χ4v) is 1.24. The lowest BCUT2D eigenvalue weighted by molar-refractivity contribution is 0.699. The number of nitrogens with two attached hydrogens (primary N) is 1. The molecule has 1 rings (SSSR count). The van der Waals surface area contributed by atoms with Crippen LogP contribution >= 0.6 is 17.9 Å². The molecule has 0 bridgehead atoms. The summed E-state index contributed by atoms with van der Waals surface area (Å²) in [7, 11) is 0.269. The third kappa shape index (κ3) is 2.37. The molecule has 6 heteroatoms. The zero-order chi connectivity index (χ0) is 6.53. The maximum Gasteiger partial charge on any atom is 0.144 e. The first kappa shape index (κ1) is 7.10. The lowest BCUT2D eigenvalue weighted by Crippen LogP contribution is -1.82. The van der Waals surface area contributed by atoms with Gasteiger partial charge in [0.05, 0.1) is 8.96 Å². The standard InChI is InChI=1S/C3H7N3OP2/c4-8-7-9-6-3-1-2-5-6/h1-3,8-9H,4H2. The highest BCUT2D eigenvalue weighted by molar-refractivity contribution is 7.43. The quantitative estimate of drug-likeness (QED) is 0.668. The second kappa shape index (κ2) is 3.91. The summed E-state index contributed by atoms with van der Waals surface area (Å²) in [6, 6.07) is 1.84. The molecular formula is C3H7N3OP2. The van der Waals surface area contributed by atoms with E-state index in [9.17, 15) is 0 Å². The predicted molar refractivity (Wildman–Crippen MR) is 39.5 cm³/mol. The van der Waals surface area contributed by atoms with Gasteiger partial charge in [-0.2, -0.15) is 5.10 Å². The van der Waals surface area contributed by atoms with E-state index in [1.165, 1.54) is 0 Å². The highest BCUT2D eigenvalue weighted by atomic mass is 31.2. The van der Waals surface area contributed by atoms with Crippen LogP contribution in [0.3, 0.4) is 0 Å². The molecule has 0 saturated carbocycles. The summed E-state index contributed by atoms with van der Waals surface area (Å²) in [6.45, 7) is 0. The van der Waals surface area contributed by atoms with Gasteiger partial charge in [0.2, 0.25) is 0 Å². The largest absolute Gasteiger partial charge is 0.305 e. The van der Waals surface area contributed by atoms with E-state index in [1.54, 1.807) is 10.6 Å². The third-order valence-corrected chi connectivity index (χ3v) is 1.99. The van der Waals surface area contributed by atoms with Crippen molar-refractivity contribution in [1.82, 2.24) is 9.55 Å². The molecule has 4 nitrogen and oxygen atoms in total. The molecule has 1 heterocycles. The van der Waals surface area contributed by atoms with Gasteiger partial charge in [0.15, 0.2) is 0 Å². The molecule has 2 unspecified atom stereocenters. The van der Waals surface area contributed by atoms with Gasteiger partial charge in [-0.05, 0) is 6.07 Å². The third-order valence-electron chi connectivity index (χ3n) is 0.703. The van der Waals surface area contributed by atoms with Crippen molar-refractivity contribution in [3.8, 4) is 0 Å². The molecule has 0 aliphatic carbocycles. The molecule has 0 saturated heterocycles. The summed E-state index contributed by atoms with van der Waals surface area (Å²) in [5, 5.41) is 3.91. The van der Waals surface area contributed by atoms with Crippen molar-refractivity contribution < 1.29 is 4.31 Å². The van der Waals surface area contributed by atoms with Gasteiger partial charge in [-0.15, -0.1) is 0 Å². The van der Waals surface area contributed by atoms with Crippen molar-refractivity contribution >= 4 is 17.9 Å². The average molecular weight is 163 g/mol. The number of rotatable bonds is 3. The number of nitrogens with zero attached hydrogens (tertiary/aromatic N) is 2. The summed E-state index contributed by atoms with van der Waals surface area (Å²) in [6.07, 6.45) is 3.54. The summed E-state index contributed by atoms with van der Waals surface area (Å²) < 4.78 is 6.61. The van der Waals surface area contributed by atoms with Gasteiger partial charge in [-0.1, -0.05) is 0 Å². The molecular weight excluding hydrogens is 156 g/mol. The molecule has 0 aliphatic heterocycles. The molecule has 0 fully saturated rings. The van der Waals surface area contributed by atoms with Crippen molar-refractivity contribution in [2.24, 2.45) is 5.50 Å². The van der Waals surface area contributed by atoms with E-state index >= 15 is 0 Å². The van der Waals surface area contributed by atoms with Crippen LogP contribution in [-0.2, 0) is 4.31 Å². The molecule has 0 radical (unpaired) electrons. The Labute approximate surface area is 56.6 Å². The SMILES string of the molecule is NPOPn1cccn1. The van der Waals surface area contributed by atoms with Crippen LogP contribution < -0.4 is 5.50 Å². The second-order valence-electron chi connectivity index (χ2n) is 1.26. The van der Waals surface area contributed by atoms with Crippen LogP contribution in [0.2, 0.25) is 0 Å². The normalized spacial score (nSPS) is 12.6. The van der Waals surface area contributed by atoms with Gasteiger partial charge in [-0.3, -0.25) is 5.50 Å². The highest BCUT2D eigenvalue weighted by Crippen LogP contribution is 2.21. The monoisotopic (exact) mass is 163 g/mol. The Balaban J connectivity index is 2.30. The molecule has 0 spiro atoms. The molecule has 1 aromatic heterocycles. The smallest absolute Gasteiger partial charge is 0.144 e. The summed E-state index contributed by atoms with van der Waals surface area (Å²) in [5.74, 6) is 0. The average Bonchev–Trinajstić information content (AvgIpc) is 2.34. The van der Waals surface area contributed by atoms with Gasteiger partial charge >= 0.3 is 0 Å². The van der Waals surface area contributed by atoms with E-state index in [4.69, 9.17) is 9.81 Å². The molecule has 2 N–H and O–H groups in total. The Hall–Kier alpha value is -0.01000. The number of hydrogen-bond donors (Lipinski definition) is 1. The lowest BCUT2D eigenvalue weighted by Gasteiger charge is -1.96. The number of hydrogen-bond acceptors (Lipinski definition) is 3. The maximum atomic E-state index is 5.12. The van der Waals surface area contributed by atoms with Crippen molar-refractivity contribution in [2.75, 3.05) is 0 Å². The second-order valence-corrected chi connectivity index (χ2v) is 2.95. The van der Waals surface area contributed by atoms with E-state index in [2.05, 4.69) is 5.10 Å². The van der Waals surface area contributed by atoms with E-state index in [-0.39, 0.29) is 17.9 Å². The van der Waals surface area contributed by atoms with Gasteiger partial charge in [-0.25, -0.2) is 4.45 Å². The summed E-state index contributed by atoms with van der Waals surface area (Å²) in [5.41, 5.74) is 5.12. The van der Waals surface area contributed by atoms with Gasteiger partial charge < -0.3 is 4.31 Å².